The number of fused-ring (bicyclic) bond motifs is 2. The Bertz CT molecular complexity index is 644. The molecular weight excluding hydrogens is 280 g/mol. The monoisotopic (exact) mass is 296 g/mol. The van der Waals surface area contributed by atoms with Gasteiger partial charge in [-0.15, -0.1) is 0 Å². The zero-order valence-electron chi connectivity index (χ0n) is 10.9. The molecule has 3 atom stereocenters. The molecule has 2 aliphatic rings. The van der Waals surface area contributed by atoms with Gasteiger partial charge in [-0.05, 0) is 37.2 Å². The van der Waals surface area contributed by atoms with Gasteiger partial charge in [0, 0.05) is 18.2 Å². The lowest BCUT2D eigenvalue weighted by atomic mass is 9.96. The first kappa shape index (κ1) is 13.5. The molecule has 7 heteroatoms. The highest BCUT2D eigenvalue weighted by molar-refractivity contribution is 7.89. The summed E-state index contributed by atoms with van der Waals surface area (Å²) in [6.07, 6.45) is 4.26. The number of nitrogens with one attached hydrogen (secondary N) is 1. The first-order valence-electron chi connectivity index (χ1n) is 6.72. The molecule has 0 aromatic heterocycles. The predicted octanol–water partition coefficient (Wildman–Crippen LogP) is 2.06. The van der Waals surface area contributed by atoms with Crippen LogP contribution in [0.15, 0.2) is 29.2 Å². The molecule has 20 heavy (non-hydrogen) atoms. The van der Waals surface area contributed by atoms with Crippen LogP contribution in [0.25, 0.3) is 0 Å². The SMILES string of the molecule is O=[N+]([O-])c1cccc(S(=O)(=O)N[C@@H]2C[C@@H]3CC[C@@H]2C3)c1. The van der Waals surface area contributed by atoms with E-state index in [2.05, 4.69) is 4.72 Å². The van der Waals surface area contributed by atoms with Crippen LogP contribution in [0.3, 0.4) is 0 Å². The highest BCUT2D eigenvalue weighted by atomic mass is 32.2. The van der Waals surface area contributed by atoms with Gasteiger partial charge in [-0.3, -0.25) is 10.1 Å². The van der Waals surface area contributed by atoms with E-state index in [9.17, 15) is 18.5 Å². The van der Waals surface area contributed by atoms with Crippen LogP contribution < -0.4 is 4.72 Å². The van der Waals surface area contributed by atoms with Crippen LogP contribution in [-0.4, -0.2) is 19.4 Å². The fourth-order valence-corrected chi connectivity index (χ4v) is 4.78. The lowest BCUT2D eigenvalue weighted by molar-refractivity contribution is -0.385. The summed E-state index contributed by atoms with van der Waals surface area (Å²) in [6, 6.07) is 5.17. The number of nitro groups is 1. The smallest absolute Gasteiger partial charge is 0.258 e. The molecule has 0 amide bonds. The molecule has 0 saturated heterocycles. The van der Waals surface area contributed by atoms with Crippen LogP contribution in [-0.2, 0) is 10.0 Å². The second-order valence-electron chi connectivity index (χ2n) is 5.66. The molecule has 0 aliphatic heterocycles. The van der Waals surface area contributed by atoms with Crippen molar-refractivity contribution in [3.05, 3.63) is 34.4 Å². The number of benzene rings is 1. The van der Waals surface area contributed by atoms with Crippen LogP contribution in [0.5, 0.6) is 0 Å². The third-order valence-electron chi connectivity index (χ3n) is 4.38. The molecule has 0 heterocycles. The molecular formula is C13H16N2O4S. The minimum Gasteiger partial charge on any atom is -0.258 e. The number of nitro benzene ring substituents is 1. The van der Waals surface area contributed by atoms with E-state index >= 15 is 0 Å². The van der Waals surface area contributed by atoms with E-state index in [-0.39, 0.29) is 16.6 Å². The number of sulfonamides is 1. The van der Waals surface area contributed by atoms with Crippen LogP contribution >= 0.6 is 0 Å². The number of hydrogen-bond donors (Lipinski definition) is 1. The van der Waals surface area contributed by atoms with E-state index < -0.39 is 14.9 Å². The Morgan fingerprint density at radius 1 is 1.25 bits per heavy atom. The summed E-state index contributed by atoms with van der Waals surface area (Å²) in [4.78, 5) is 10.1. The average Bonchev–Trinajstić information content (AvgIpc) is 3.00. The van der Waals surface area contributed by atoms with Gasteiger partial charge in [0.2, 0.25) is 10.0 Å². The van der Waals surface area contributed by atoms with E-state index in [1.54, 1.807) is 0 Å². The minimum atomic E-state index is -3.68. The Balaban J connectivity index is 1.81. The number of nitrogens with zero attached hydrogens (tertiary/aromatic N) is 1. The van der Waals surface area contributed by atoms with Gasteiger partial charge in [0.05, 0.1) is 9.82 Å². The van der Waals surface area contributed by atoms with Gasteiger partial charge in [0.25, 0.3) is 5.69 Å². The van der Waals surface area contributed by atoms with E-state index in [1.807, 2.05) is 0 Å². The van der Waals surface area contributed by atoms with Gasteiger partial charge in [0.15, 0.2) is 0 Å². The molecule has 1 aromatic carbocycles. The van der Waals surface area contributed by atoms with Crippen molar-refractivity contribution >= 4 is 15.7 Å². The molecule has 2 bridgehead atoms. The molecule has 0 unspecified atom stereocenters. The van der Waals surface area contributed by atoms with Gasteiger partial charge in [-0.25, -0.2) is 13.1 Å². The largest absolute Gasteiger partial charge is 0.270 e. The zero-order chi connectivity index (χ0) is 14.3. The van der Waals surface area contributed by atoms with Crippen LogP contribution in [0.1, 0.15) is 25.7 Å². The van der Waals surface area contributed by atoms with Crippen molar-refractivity contribution in [3.8, 4) is 0 Å². The molecule has 2 aliphatic carbocycles. The summed E-state index contributed by atoms with van der Waals surface area (Å²) in [5.41, 5.74) is -0.208. The standard InChI is InChI=1S/C13H16N2O4S/c16-15(17)11-2-1-3-12(8-11)20(18,19)14-13-7-9-4-5-10(13)6-9/h1-3,8-10,13-14H,4-7H2/t9-,10-,13-/m1/s1. The second kappa shape index (κ2) is 4.82. The summed E-state index contributed by atoms with van der Waals surface area (Å²) in [5.74, 6) is 1.06. The van der Waals surface area contributed by atoms with Crippen molar-refractivity contribution in [1.29, 1.82) is 0 Å². The lowest BCUT2D eigenvalue weighted by Gasteiger charge is -2.22. The van der Waals surface area contributed by atoms with Crippen molar-refractivity contribution in [3.63, 3.8) is 0 Å². The first-order valence-corrected chi connectivity index (χ1v) is 8.21. The summed E-state index contributed by atoms with van der Waals surface area (Å²) < 4.78 is 27.3. The maximum absolute atomic E-state index is 12.3. The molecule has 0 radical (unpaired) electrons. The minimum absolute atomic E-state index is 0.0157. The summed E-state index contributed by atoms with van der Waals surface area (Å²) in [5, 5.41) is 10.7. The molecule has 6 nitrogen and oxygen atoms in total. The van der Waals surface area contributed by atoms with Crippen molar-refractivity contribution in [2.75, 3.05) is 0 Å². The Morgan fingerprint density at radius 3 is 2.65 bits per heavy atom. The maximum Gasteiger partial charge on any atom is 0.270 e. The average molecular weight is 296 g/mol. The molecule has 1 N–H and O–H groups in total. The maximum atomic E-state index is 12.3. The van der Waals surface area contributed by atoms with Gasteiger partial charge in [-0.2, -0.15) is 0 Å². The molecule has 108 valence electrons. The topological polar surface area (TPSA) is 89.3 Å². The number of rotatable bonds is 4. The molecule has 2 saturated carbocycles. The van der Waals surface area contributed by atoms with Gasteiger partial charge < -0.3 is 0 Å². The normalized spacial score (nSPS) is 28.7. The Morgan fingerprint density at radius 2 is 2.05 bits per heavy atom. The molecule has 2 fully saturated rings. The summed E-state index contributed by atoms with van der Waals surface area (Å²) in [6.45, 7) is 0. The van der Waals surface area contributed by atoms with Crippen LogP contribution in [0.2, 0.25) is 0 Å². The molecule has 1 aromatic rings. The third-order valence-corrected chi connectivity index (χ3v) is 5.87. The number of hydrogen-bond acceptors (Lipinski definition) is 4. The van der Waals surface area contributed by atoms with Crippen molar-refractivity contribution in [2.45, 2.75) is 36.6 Å². The molecule has 0 spiro atoms. The van der Waals surface area contributed by atoms with Gasteiger partial charge in [0.1, 0.15) is 0 Å². The first-order chi connectivity index (χ1) is 9.45. The van der Waals surface area contributed by atoms with Gasteiger partial charge in [-0.1, -0.05) is 12.5 Å². The third kappa shape index (κ3) is 2.43. The molecule has 3 rings (SSSR count). The fraction of sp³-hybridized carbons (Fsp3) is 0.538. The van der Waals surface area contributed by atoms with Crippen molar-refractivity contribution in [2.24, 2.45) is 11.8 Å². The second-order valence-corrected chi connectivity index (χ2v) is 7.37. The Hall–Kier alpha value is -1.47. The van der Waals surface area contributed by atoms with E-state index in [4.69, 9.17) is 0 Å². The van der Waals surface area contributed by atoms with E-state index in [0.717, 1.165) is 25.3 Å². The highest BCUT2D eigenvalue weighted by Crippen LogP contribution is 2.44. The van der Waals surface area contributed by atoms with Crippen molar-refractivity contribution in [1.82, 2.24) is 4.72 Å². The highest BCUT2D eigenvalue weighted by Gasteiger charge is 2.41. The van der Waals surface area contributed by atoms with E-state index in [1.165, 1.54) is 24.6 Å². The van der Waals surface area contributed by atoms with Crippen LogP contribution in [0, 0.1) is 22.0 Å². The quantitative estimate of drug-likeness (QED) is 0.680. The van der Waals surface area contributed by atoms with Gasteiger partial charge >= 0.3 is 0 Å². The Labute approximate surface area is 117 Å². The summed E-state index contributed by atoms with van der Waals surface area (Å²) >= 11 is 0. The summed E-state index contributed by atoms with van der Waals surface area (Å²) in [7, 11) is -3.68. The number of non-ortho nitro benzene ring substituents is 1. The predicted molar refractivity (Wildman–Crippen MR) is 72.7 cm³/mol. The van der Waals surface area contributed by atoms with Crippen molar-refractivity contribution < 1.29 is 13.3 Å². The van der Waals surface area contributed by atoms with E-state index in [0.29, 0.717) is 11.8 Å². The Kier molecular flexibility index (Phi) is 3.25. The zero-order valence-corrected chi connectivity index (χ0v) is 11.7. The lowest BCUT2D eigenvalue weighted by Crippen LogP contribution is -2.38. The fourth-order valence-electron chi connectivity index (χ4n) is 3.42. The van der Waals surface area contributed by atoms with Crippen LogP contribution in [0.4, 0.5) is 5.69 Å².